The Morgan fingerprint density at radius 3 is 2.91 bits per heavy atom. The lowest BCUT2D eigenvalue weighted by molar-refractivity contribution is -0.116. The van der Waals surface area contributed by atoms with Gasteiger partial charge in [0.1, 0.15) is 5.82 Å². The van der Waals surface area contributed by atoms with Crippen molar-refractivity contribution in [2.75, 3.05) is 0 Å². The van der Waals surface area contributed by atoms with Crippen LogP contribution in [0.4, 0.5) is 0 Å². The van der Waals surface area contributed by atoms with Crippen LogP contribution in [0.3, 0.4) is 0 Å². The Kier molecular flexibility index (Phi) is 4.44. The van der Waals surface area contributed by atoms with Gasteiger partial charge in [-0.25, -0.2) is 4.98 Å². The Morgan fingerprint density at radius 1 is 1.30 bits per heavy atom. The van der Waals surface area contributed by atoms with Crippen LogP contribution in [-0.4, -0.2) is 15.9 Å². The number of aryl methyl sites for hydroxylation is 1. The number of aromatic amines is 1. The van der Waals surface area contributed by atoms with Crippen LogP contribution >= 0.6 is 11.6 Å². The number of imidazole rings is 1. The summed E-state index contributed by atoms with van der Waals surface area (Å²) in [5, 5.41) is 3.49. The Bertz CT molecular complexity index is 850. The lowest BCUT2D eigenvalue weighted by atomic mass is 10.1. The fraction of sp³-hybridized carbons (Fsp3) is 0.111. The molecule has 0 saturated carbocycles. The Hall–Kier alpha value is -2.59. The van der Waals surface area contributed by atoms with E-state index in [0.717, 1.165) is 28.0 Å². The van der Waals surface area contributed by atoms with Gasteiger partial charge < -0.3 is 10.3 Å². The SMILES string of the molecule is Cc1ccc(/C=C/C(=O)NCc2nc3ccccc3[nH]2)cc1Cl. The summed E-state index contributed by atoms with van der Waals surface area (Å²) < 4.78 is 0. The van der Waals surface area contributed by atoms with Crippen molar-refractivity contribution in [2.45, 2.75) is 13.5 Å². The van der Waals surface area contributed by atoms with E-state index in [1.54, 1.807) is 6.08 Å². The Morgan fingerprint density at radius 2 is 2.13 bits per heavy atom. The molecule has 3 rings (SSSR count). The summed E-state index contributed by atoms with van der Waals surface area (Å²) in [7, 11) is 0. The molecule has 0 bridgehead atoms. The van der Waals surface area contributed by atoms with Crippen molar-refractivity contribution in [3.63, 3.8) is 0 Å². The quantitative estimate of drug-likeness (QED) is 0.716. The number of aromatic nitrogens is 2. The number of para-hydroxylation sites is 2. The number of nitrogens with one attached hydrogen (secondary N) is 2. The lowest BCUT2D eigenvalue weighted by Gasteiger charge is -2.00. The molecule has 116 valence electrons. The zero-order valence-corrected chi connectivity index (χ0v) is 13.4. The molecule has 0 atom stereocenters. The molecular weight excluding hydrogens is 310 g/mol. The van der Waals surface area contributed by atoms with E-state index in [4.69, 9.17) is 11.6 Å². The van der Waals surface area contributed by atoms with E-state index >= 15 is 0 Å². The van der Waals surface area contributed by atoms with E-state index in [0.29, 0.717) is 11.6 Å². The molecular formula is C18H16ClN3O. The highest BCUT2D eigenvalue weighted by atomic mass is 35.5. The van der Waals surface area contributed by atoms with Gasteiger partial charge in [0.25, 0.3) is 0 Å². The van der Waals surface area contributed by atoms with Crippen molar-refractivity contribution in [3.8, 4) is 0 Å². The van der Waals surface area contributed by atoms with Crippen molar-refractivity contribution in [2.24, 2.45) is 0 Å². The van der Waals surface area contributed by atoms with Crippen LogP contribution in [0.2, 0.25) is 5.02 Å². The summed E-state index contributed by atoms with van der Waals surface area (Å²) in [5.41, 5.74) is 3.75. The van der Waals surface area contributed by atoms with Gasteiger partial charge in [0.05, 0.1) is 17.6 Å². The third-order valence-electron chi connectivity index (χ3n) is 3.49. The van der Waals surface area contributed by atoms with Gasteiger partial charge in [0.15, 0.2) is 0 Å². The number of fused-ring (bicyclic) bond motifs is 1. The van der Waals surface area contributed by atoms with Gasteiger partial charge in [-0.3, -0.25) is 4.79 Å². The van der Waals surface area contributed by atoms with Crippen molar-refractivity contribution >= 4 is 34.6 Å². The van der Waals surface area contributed by atoms with Crippen molar-refractivity contribution < 1.29 is 4.79 Å². The average molecular weight is 326 g/mol. The van der Waals surface area contributed by atoms with E-state index in [2.05, 4.69) is 15.3 Å². The second kappa shape index (κ2) is 6.67. The number of halogens is 1. The van der Waals surface area contributed by atoms with Crippen molar-refractivity contribution in [1.29, 1.82) is 0 Å². The summed E-state index contributed by atoms with van der Waals surface area (Å²) in [5.74, 6) is 0.550. The predicted molar refractivity (Wildman–Crippen MR) is 93.2 cm³/mol. The lowest BCUT2D eigenvalue weighted by Crippen LogP contribution is -2.20. The number of benzene rings is 2. The van der Waals surface area contributed by atoms with Crippen LogP contribution in [0.25, 0.3) is 17.1 Å². The summed E-state index contributed by atoms with van der Waals surface area (Å²) >= 11 is 6.06. The van der Waals surface area contributed by atoms with Crippen LogP contribution in [0.5, 0.6) is 0 Å². The van der Waals surface area contributed by atoms with Gasteiger partial charge >= 0.3 is 0 Å². The fourth-order valence-corrected chi connectivity index (χ4v) is 2.39. The first-order valence-electron chi connectivity index (χ1n) is 7.27. The molecule has 0 saturated heterocycles. The zero-order valence-electron chi connectivity index (χ0n) is 12.6. The van der Waals surface area contributed by atoms with E-state index in [-0.39, 0.29) is 5.91 Å². The standard InChI is InChI=1S/C18H16ClN3O/c1-12-6-7-13(10-14(12)19)8-9-18(23)20-11-17-21-15-4-2-3-5-16(15)22-17/h2-10H,11H2,1H3,(H,20,23)(H,21,22)/b9-8+. The maximum atomic E-state index is 11.9. The number of hydrogen-bond donors (Lipinski definition) is 2. The Balaban J connectivity index is 1.60. The zero-order chi connectivity index (χ0) is 16.2. The van der Waals surface area contributed by atoms with Crippen LogP contribution in [0.1, 0.15) is 17.0 Å². The van der Waals surface area contributed by atoms with Crippen molar-refractivity contribution in [3.05, 3.63) is 70.5 Å². The van der Waals surface area contributed by atoms with Gasteiger partial charge in [-0.1, -0.05) is 35.9 Å². The van der Waals surface area contributed by atoms with Gasteiger partial charge in [-0.05, 0) is 42.3 Å². The van der Waals surface area contributed by atoms with Crippen LogP contribution in [0.15, 0.2) is 48.5 Å². The molecule has 0 aliphatic rings. The molecule has 2 aromatic carbocycles. The highest BCUT2D eigenvalue weighted by molar-refractivity contribution is 6.31. The normalized spacial score (nSPS) is 11.2. The molecule has 1 amide bonds. The summed E-state index contributed by atoms with van der Waals surface area (Å²) in [6.45, 7) is 2.29. The number of rotatable bonds is 4. The molecule has 0 aliphatic heterocycles. The van der Waals surface area contributed by atoms with E-state index in [1.165, 1.54) is 6.08 Å². The minimum absolute atomic E-state index is 0.179. The number of H-pyrrole nitrogens is 1. The van der Waals surface area contributed by atoms with Gasteiger partial charge in [-0.2, -0.15) is 0 Å². The molecule has 0 spiro atoms. The largest absolute Gasteiger partial charge is 0.345 e. The highest BCUT2D eigenvalue weighted by Crippen LogP contribution is 2.17. The number of hydrogen-bond acceptors (Lipinski definition) is 2. The monoisotopic (exact) mass is 325 g/mol. The molecule has 2 N–H and O–H groups in total. The molecule has 1 aromatic heterocycles. The predicted octanol–water partition coefficient (Wildman–Crippen LogP) is 3.85. The van der Waals surface area contributed by atoms with Crippen molar-refractivity contribution in [1.82, 2.24) is 15.3 Å². The average Bonchev–Trinajstić information content (AvgIpc) is 2.97. The maximum Gasteiger partial charge on any atom is 0.244 e. The molecule has 0 fully saturated rings. The number of nitrogens with zero attached hydrogens (tertiary/aromatic N) is 1. The molecule has 0 aliphatic carbocycles. The van der Waals surface area contributed by atoms with Gasteiger partial charge in [0, 0.05) is 11.1 Å². The third kappa shape index (κ3) is 3.79. The molecule has 5 heteroatoms. The van der Waals surface area contributed by atoms with E-state index < -0.39 is 0 Å². The summed E-state index contributed by atoms with van der Waals surface area (Å²) in [4.78, 5) is 19.5. The molecule has 0 unspecified atom stereocenters. The first-order valence-corrected chi connectivity index (χ1v) is 7.65. The maximum absolute atomic E-state index is 11.9. The van der Waals surface area contributed by atoms with Crippen LogP contribution in [0, 0.1) is 6.92 Å². The molecule has 1 heterocycles. The molecule has 0 radical (unpaired) electrons. The van der Waals surface area contributed by atoms with Crippen LogP contribution in [-0.2, 0) is 11.3 Å². The first kappa shape index (κ1) is 15.3. The third-order valence-corrected chi connectivity index (χ3v) is 3.90. The second-order valence-electron chi connectivity index (χ2n) is 5.26. The van der Waals surface area contributed by atoms with Gasteiger partial charge in [-0.15, -0.1) is 0 Å². The molecule has 23 heavy (non-hydrogen) atoms. The molecule has 4 nitrogen and oxygen atoms in total. The smallest absolute Gasteiger partial charge is 0.244 e. The fourth-order valence-electron chi connectivity index (χ4n) is 2.20. The van der Waals surface area contributed by atoms with Crippen LogP contribution < -0.4 is 5.32 Å². The van der Waals surface area contributed by atoms with E-state index in [1.807, 2.05) is 49.4 Å². The van der Waals surface area contributed by atoms with E-state index in [9.17, 15) is 4.79 Å². The highest BCUT2D eigenvalue weighted by Gasteiger charge is 2.03. The minimum Gasteiger partial charge on any atom is -0.345 e. The molecule has 3 aromatic rings. The minimum atomic E-state index is -0.179. The summed E-state index contributed by atoms with van der Waals surface area (Å²) in [6.07, 6.45) is 3.23. The second-order valence-corrected chi connectivity index (χ2v) is 5.67. The van der Waals surface area contributed by atoms with Gasteiger partial charge in [0.2, 0.25) is 5.91 Å². The summed E-state index contributed by atoms with van der Waals surface area (Å²) in [6, 6.07) is 13.4. The number of amides is 1. The number of carbonyl (C=O) groups excluding carboxylic acids is 1. The topological polar surface area (TPSA) is 57.8 Å². The Labute approximate surface area is 139 Å². The number of carbonyl (C=O) groups is 1. The first-order chi connectivity index (χ1) is 11.1.